The van der Waals surface area contributed by atoms with Crippen LogP contribution >= 0.6 is 0 Å². The largest absolute Gasteiger partial charge is 0.478 e. The van der Waals surface area contributed by atoms with E-state index in [9.17, 15) is 14.4 Å². The van der Waals surface area contributed by atoms with Crippen LogP contribution in [0.15, 0.2) is 24.3 Å². The van der Waals surface area contributed by atoms with Crippen molar-refractivity contribution in [2.45, 2.75) is 13.8 Å². The molecule has 2 rings (SSSR count). The molecule has 1 aliphatic heterocycles. The van der Waals surface area contributed by atoms with Gasteiger partial charge >= 0.3 is 5.97 Å². The Kier molecular flexibility index (Phi) is 2.58. The molecule has 0 aliphatic carbocycles. The maximum Gasteiger partial charge on any atom is 0.335 e. The summed E-state index contributed by atoms with van der Waals surface area (Å²) in [5.74, 6) is -1.91. The second kappa shape index (κ2) is 3.83. The summed E-state index contributed by atoms with van der Waals surface area (Å²) in [4.78, 5) is 34.5. The monoisotopic (exact) mass is 248 g/mol. The first-order valence-electron chi connectivity index (χ1n) is 5.33. The number of carbonyl (C=O) groups is 3. The Morgan fingerprint density at radius 3 is 2.50 bits per heavy atom. The highest BCUT2D eigenvalue weighted by Gasteiger charge is 2.47. The number of benzene rings is 1. The molecule has 94 valence electrons. The van der Waals surface area contributed by atoms with E-state index >= 15 is 0 Å². The molecule has 0 bridgehead atoms. The van der Waals surface area contributed by atoms with E-state index in [0.29, 0.717) is 5.69 Å². The molecule has 18 heavy (non-hydrogen) atoms. The molecular formula is C12H12N2O4. The van der Waals surface area contributed by atoms with Gasteiger partial charge in [0.2, 0.25) is 0 Å². The molecule has 0 radical (unpaired) electrons. The number of hydrogen-bond donors (Lipinski definition) is 2. The average molecular weight is 248 g/mol. The van der Waals surface area contributed by atoms with Crippen molar-refractivity contribution in [2.24, 2.45) is 5.41 Å². The number of anilines is 1. The lowest BCUT2D eigenvalue weighted by Crippen LogP contribution is -2.36. The third-order valence-corrected chi connectivity index (χ3v) is 2.87. The summed E-state index contributed by atoms with van der Waals surface area (Å²) >= 11 is 0. The molecule has 1 fully saturated rings. The first-order valence-corrected chi connectivity index (χ1v) is 5.33. The molecule has 6 nitrogen and oxygen atoms in total. The fraction of sp³-hybridized carbons (Fsp3) is 0.250. The summed E-state index contributed by atoms with van der Waals surface area (Å²) in [5.41, 5.74) is 1.68. The van der Waals surface area contributed by atoms with Crippen molar-refractivity contribution < 1.29 is 19.5 Å². The second-order valence-corrected chi connectivity index (χ2v) is 4.56. The molecule has 2 amide bonds. The van der Waals surface area contributed by atoms with E-state index in [-0.39, 0.29) is 5.56 Å². The van der Waals surface area contributed by atoms with Crippen molar-refractivity contribution >= 4 is 23.5 Å². The van der Waals surface area contributed by atoms with Crippen LogP contribution in [0.3, 0.4) is 0 Å². The minimum atomic E-state index is -1.14. The maximum absolute atomic E-state index is 12.0. The Hall–Kier alpha value is -2.37. The lowest BCUT2D eigenvalue weighted by atomic mass is 9.93. The van der Waals surface area contributed by atoms with Crippen molar-refractivity contribution in [2.75, 3.05) is 5.01 Å². The van der Waals surface area contributed by atoms with Crippen LogP contribution in [0.1, 0.15) is 24.2 Å². The van der Waals surface area contributed by atoms with Gasteiger partial charge in [0.1, 0.15) is 5.41 Å². The molecular weight excluding hydrogens is 236 g/mol. The minimum absolute atomic E-state index is 0.0549. The van der Waals surface area contributed by atoms with Gasteiger partial charge in [0.05, 0.1) is 11.3 Å². The molecule has 0 aromatic heterocycles. The zero-order valence-electron chi connectivity index (χ0n) is 9.93. The van der Waals surface area contributed by atoms with Crippen LogP contribution in [0.25, 0.3) is 0 Å². The normalized spacial score (nSPS) is 17.8. The first-order chi connectivity index (χ1) is 8.34. The Morgan fingerprint density at radius 2 is 2.00 bits per heavy atom. The van der Waals surface area contributed by atoms with E-state index in [2.05, 4.69) is 5.43 Å². The zero-order valence-corrected chi connectivity index (χ0v) is 9.93. The van der Waals surface area contributed by atoms with E-state index in [1.807, 2.05) is 0 Å². The fourth-order valence-corrected chi connectivity index (χ4v) is 1.63. The molecule has 0 unspecified atom stereocenters. The molecule has 6 heteroatoms. The van der Waals surface area contributed by atoms with Gasteiger partial charge in [-0.2, -0.15) is 0 Å². The molecule has 1 heterocycles. The van der Waals surface area contributed by atoms with Crippen LogP contribution in [-0.4, -0.2) is 22.9 Å². The summed E-state index contributed by atoms with van der Waals surface area (Å²) in [6.07, 6.45) is 0. The van der Waals surface area contributed by atoms with E-state index in [1.54, 1.807) is 6.07 Å². The van der Waals surface area contributed by atoms with Gasteiger partial charge < -0.3 is 5.11 Å². The van der Waals surface area contributed by atoms with Crippen molar-refractivity contribution in [3.63, 3.8) is 0 Å². The molecule has 1 aliphatic rings. The Morgan fingerprint density at radius 1 is 1.33 bits per heavy atom. The Labute approximate surface area is 103 Å². The van der Waals surface area contributed by atoms with Crippen molar-refractivity contribution in [1.82, 2.24) is 5.43 Å². The number of hydrazine groups is 1. The summed E-state index contributed by atoms with van der Waals surface area (Å²) in [7, 11) is 0. The average Bonchev–Trinajstić information content (AvgIpc) is 2.53. The highest BCUT2D eigenvalue weighted by Crippen LogP contribution is 2.28. The van der Waals surface area contributed by atoms with E-state index in [4.69, 9.17) is 5.11 Å². The highest BCUT2D eigenvalue weighted by atomic mass is 16.4. The highest BCUT2D eigenvalue weighted by molar-refractivity contribution is 6.17. The summed E-state index contributed by atoms with van der Waals surface area (Å²) in [6, 6.07) is 5.83. The number of aromatic carboxylic acids is 1. The second-order valence-electron chi connectivity index (χ2n) is 4.56. The number of hydrogen-bond acceptors (Lipinski definition) is 3. The van der Waals surface area contributed by atoms with Crippen LogP contribution in [0.5, 0.6) is 0 Å². The SMILES string of the molecule is CC1(C)C(=O)NN(c2cccc(C(=O)O)c2)C1=O. The van der Waals surface area contributed by atoms with Gasteiger partial charge in [0, 0.05) is 0 Å². The number of nitrogens with one attached hydrogen (secondary N) is 1. The van der Waals surface area contributed by atoms with Gasteiger partial charge in [-0.1, -0.05) is 6.07 Å². The molecule has 1 aromatic rings. The van der Waals surface area contributed by atoms with Gasteiger partial charge in [0.25, 0.3) is 11.8 Å². The standard InChI is InChI=1S/C12H12N2O4/c1-12(2)10(17)13-14(11(12)18)8-5-3-4-7(6-8)9(15)16/h3-6H,1-2H3,(H,13,17)(H,15,16). The van der Waals surface area contributed by atoms with Crippen LogP contribution in [0, 0.1) is 5.41 Å². The molecule has 0 spiro atoms. The molecule has 0 saturated carbocycles. The van der Waals surface area contributed by atoms with E-state index in [0.717, 1.165) is 5.01 Å². The van der Waals surface area contributed by atoms with Gasteiger partial charge in [-0.25, -0.2) is 9.80 Å². The number of carboxylic acid groups (broad SMARTS) is 1. The number of carboxylic acids is 1. The zero-order chi connectivity index (χ0) is 13.5. The van der Waals surface area contributed by atoms with Crippen molar-refractivity contribution in [1.29, 1.82) is 0 Å². The smallest absolute Gasteiger partial charge is 0.335 e. The van der Waals surface area contributed by atoms with Gasteiger partial charge in [-0.15, -0.1) is 0 Å². The number of amides is 2. The topological polar surface area (TPSA) is 86.7 Å². The van der Waals surface area contributed by atoms with E-state index in [1.165, 1.54) is 32.0 Å². The number of nitrogens with zero attached hydrogens (tertiary/aromatic N) is 1. The summed E-state index contributed by atoms with van der Waals surface area (Å²) < 4.78 is 0. The quantitative estimate of drug-likeness (QED) is 0.757. The Bertz CT molecular complexity index is 551. The third kappa shape index (κ3) is 1.71. The third-order valence-electron chi connectivity index (χ3n) is 2.87. The van der Waals surface area contributed by atoms with E-state index < -0.39 is 23.2 Å². The van der Waals surface area contributed by atoms with Gasteiger partial charge in [-0.3, -0.25) is 15.0 Å². The lowest BCUT2D eigenvalue weighted by Gasteiger charge is -2.17. The van der Waals surface area contributed by atoms with Crippen LogP contribution < -0.4 is 10.4 Å². The van der Waals surface area contributed by atoms with Crippen molar-refractivity contribution in [3.8, 4) is 0 Å². The van der Waals surface area contributed by atoms with Crippen LogP contribution in [-0.2, 0) is 9.59 Å². The maximum atomic E-state index is 12.0. The van der Waals surface area contributed by atoms with Crippen molar-refractivity contribution in [3.05, 3.63) is 29.8 Å². The summed E-state index contributed by atoms with van der Waals surface area (Å²) in [5, 5.41) is 9.96. The predicted molar refractivity (Wildman–Crippen MR) is 62.8 cm³/mol. The number of rotatable bonds is 2. The molecule has 0 atom stereocenters. The Balaban J connectivity index is 2.40. The number of carbonyl (C=O) groups excluding carboxylic acids is 2. The van der Waals surface area contributed by atoms with Gasteiger partial charge in [0.15, 0.2) is 0 Å². The predicted octanol–water partition coefficient (Wildman–Crippen LogP) is 0.789. The fourth-order valence-electron chi connectivity index (χ4n) is 1.63. The molecule has 1 saturated heterocycles. The lowest BCUT2D eigenvalue weighted by molar-refractivity contribution is -0.133. The minimum Gasteiger partial charge on any atom is -0.478 e. The first kappa shape index (κ1) is 12.1. The molecule has 2 N–H and O–H groups in total. The summed E-state index contributed by atoms with van der Waals surface area (Å²) in [6.45, 7) is 3.04. The van der Waals surface area contributed by atoms with Crippen LogP contribution in [0.2, 0.25) is 0 Å². The van der Waals surface area contributed by atoms with Crippen LogP contribution in [0.4, 0.5) is 5.69 Å². The van der Waals surface area contributed by atoms with Gasteiger partial charge in [-0.05, 0) is 32.0 Å². The molecule has 1 aromatic carbocycles.